The molecule has 10 heteroatoms. The summed E-state index contributed by atoms with van der Waals surface area (Å²) in [4.78, 5) is 25.4. The molecule has 0 unspecified atom stereocenters. The summed E-state index contributed by atoms with van der Waals surface area (Å²) in [5, 5.41) is 21.2. The number of nitrogens with one attached hydrogen (secondary N) is 1. The Bertz CT molecular complexity index is 916. The van der Waals surface area contributed by atoms with Crippen LogP contribution in [0.3, 0.4) is 0 Å². The monoisotopic (exact) mass is 359 g/mol. The normalized spacial score (nSPS) is 13.9. The van der Waals surface area contributed by atoms with Crippen molar-refractivity contribution in [2.75, 3.05) is 17.8 Å². The summed E-state index contributed by atoms with van der Waals surface area (Å²) in [5.74, 6) is -1.75. The van der Waals surface area contributed by atoms with E-state index >= 15 is 0 Å². The van der Waals surface area contributed by atoms with E-state index in [-0.39, 0.29) is 28.0 Å². The predicted molar refractivity (Wildman–Crippen MR) is 87.2 cm³/mol. The Morgan fingerprint density at radius 2 is 2.12 bits per heavy atom. The van der Waals surface area contributed by atoms with Crippen LogP contribution >= 0.6 is 11.8 Å². The van der Waals surface area contributed by atoms with Crippen LogP contribution in [0.15, 0.2) is 24.3 Å². The van der Waals surface area contributed by atoms with Gasteiger partial charge in [0.1, 0.15) is 17.6 Å². The van der Waals surface area contributed by atoms with Crippen LogP contribution in [0.4, 0.5) is 10.1 Å². The van der Waals surface area contributed by atoms with E-state index in [0.717, 1.165) is 28.5 Å². The van der Waals surface area contributed by atoms with Gasteiger partial charge in [-0.15, -0.1) is 0 Å². The Labute approximate surface area is 145 Å². The number of rotatable bonds is 3. The number of ether oxygens (including phenoxy) is 1. The fourth-order valence-electron chi connectivity index (χ4n) is 2.34. The van der Waals surface area contributed by atoms with Crippen LogP contribution in [0.1, 0.15) is 16.2 Å². The van der Waals surface area contributed by atoms with E-state index < -0.39 is 17.7 Å². The standard InChI is InChI=1S/C15H10FN5O3S/c1-24-14(23)13-12(20-11(22)7-25-15(20)18)10(6-17)19-21(13)9-4-2-8(16)3-5-9/h2-5,18H,7H2,1H3. The summed E-state index contributed by atoms with van der Waals surface area (Å²) in [6.07, 6.45) is 0. The van der Waals surface area contributed by atoms with Crippen molar-refractivity contribution in [3.63, 3.8) is 0 Å². The molecule has 0 spiro atoms. The van der Waals surface area contributed by atoms with Crippen LogP contribution in [0.25, 0.3) is 5.69 Å². The summed E-state index contributed by atoms with van der Waals surface area (Å²) in [6, 6.07) is 6.89. The maximum Gasteiger partial charge on any atom is 0.359 e. The first-order chi connectivity index (χ1) is 12.0. The van der Waals surface area contributed by atoms with Crippen molar-refractivity contribution >= 4 is 34.5 Å². The summed E-state index contributed by atoms with van der Waals surface area (Å²) in [5.41, 5.74) is -0.217. The molecule has 1 amide bonds. The van der Waals surface area contributed by atoms with E-state index in [9.17, 15) is 19.2 Å². The smallest absolute Gasteiger partial charge is 0.359 e. The highest BCUT2D eigenvalue weighted by Crippen LogP contribution is 2.33. The Morgan fingerprint density at radius 1 is 1.44 bits per heavy atom. The van der Waals surface area contributed by atoms with Crippen LogP contribution in [0, 0.1) is 22.6 Å². The van der Waals surface area contributed by atoms with Gasteiger partial charge in [-0.1, -0.05) is 11.8 Å². The number of esters is 1. The van der Waals surface area contributed by atoms with Crippen molar-refractivity contribution in [1.82, 2.24) is 9.78 Å². The van der Waals surface area contributed by atoms with Crippen molar-refractivity contribution in [2.45, 2.75) is 0 Å². The Hall–Kier alpha value is -3.19. The largest absolute Gasteiger partial charge is 0.464 e. The van der Waals surface area contributed by atoms with Gasteiger partial charge in [0.2, 0.25) is 5.91 Å². The maximum atomic E-state index is 13.2. The van der Waals surface area contributed by atoms with Gasteiger partial charge in [0.05, 0.1) is 18.6 Å². The molecule has 0 saturated carbocycles. The molecule has 1 N–H and O–H groups in total. The average Bonchev–Trinajstić information content (AvgIpc) is 3.14. The lowest BCUT2D eigenvalue weighted by atomic mass is 10.2. The minimum Gasteiger partial charge on any atom is -0.464 e. The van der Waals surface area contributed by atoms with Crippen molar-refractivity contribution < 1.29 is 18.7 Å². The number of amides is 1. The minimum absolute atomic E-state index is 0.0199. The van der Waals surface area contributed by atoms with E-state index in [4.69, 9.17) is 10.1 Å². The molecule has 8 nitrogen and oxygen atoms in total. The molecule has 3 rings (SSSR count). The SMILES string of the molecule is COC(=O)c1c(N2C(=N)SCC2=O)c(C#N)nn1-c1ccc(F)cc1. The molecule has 1 aliphatic rings. The molecule has 2 aromatic rings. The van der Waals surface area contributed by atoms with Crippen LogP contribution in [0.2, 0.25) is 0 Å². The van der Waals surface area contributed by atoms with Crippen LogP contribution in [-0.2, 0) is 9.53 Å². The lowest BCUT2D eigenvalue weighted by Gasteiger charge is -2.15. The fraction of sp³-hybridized carbons (Fsp3) is 0.133. The molecule has 1 aliphatic heterocycles. The number of halogens is 1. The zero-order chi connectivity index (χ0) is 18.1. The summed E-state index contributed by atoms with van der Waals surface area (Å²) in [7, 11) is 1.14. The number of nitrogens with zero attached hydrogens (tertiary/aromatic N) is 4. The van der Waals surface area contributed by atoms with Gasteiger partial charge in [-0.05, 0) is 24.3 Å². The number of benzene rings is 1. The van der Waals surface area contributed by atoms with E-state index in [2.05, 4.69) is 5.10 Å². The number of hydrogen-bond donors (Lipinski definition) is 1. The predicted octanol–water partition coefficient (Wildman–Crippen LogP) is 1.68. The van der Waals surface area contributed by atoms with E-state index in [0.29, 0.717) is 5.69 Å². The first kappa shape index (κ1) is 16.7. The van der Waals surface area contributed by atoms with Crippen molar-refractivity contribution in [3.05, 3.63) is 41.5 Å². The second-order valence-corrected chi connectivity index (χ2v) is 5.82. The van der Waals surface area contributed by atoms with Crippen LogP contribution in [0.5, 0.6) is 0 Å². The van der Waals surface area contributed by atoms with E-state index in [1.54, 1.807) is 0 Å². The second-order valence-electron chi connectivity index (χ2n) is 4.86. The van der Waals surface area contributed by atoms with Gasteiger partial charge >= 0.3 is 5.97 Å². The minimum atomic E-state index is -0.842. The zero-order valence-electron chi connectivity index (χ0n) is 12.8. The van der Waals surface area contributed by atoms with Gasteiger partial charge in [-0.25, -0.2) is 13.9 Å². The molecular weight excluding hydrogens is 349 g/mol. The summed E-state index contributed by atoms with van der Waals surface area (Å²) in [6.45, 7) is 0. The molecule has 126 valence electrons. The Kier molecular flexibility index (Phi) is 4.24. The second kappa shape index (κ2) is 6.37. The Morgan fingerprint density at radius 3 is 2.64 bits per heavy atom. The van der Waals surface area contributed by atoms with E-state index in [1.165, 1.54) is 24.3 Å². The molecule has 0 bridgehead atoms. The molecule has 1 fully saturated rings. The number of thioether (sulfide) groups is 1. The molecule has 0 radical (unpaired) electrons. The first-order valence-corrected chi connectivity index (χ1v) is 7.88. The summed E-state index contributed by atoms with van der Waals surface area (Å²) >= 11 is 0.974. The zero-order valence-corrected chi connectivity index (χ0v) is 13.6. The van der Waals surface area contributed by atoms with Gasteiger partial charge in [0.15, 0.2) is 16.6 Å². The molecule has 1 aromatic heterocycles. The van der Waals surface area contributed by atoms with Crippen LogP contribution < -0.4 is 4.90 Å². The van der Waals surface area contributed by atoms with Crippen LogP contribution in [-0.4, -0.2) is 39.7 Å². The third-order valence-corrected chi connectivity index (χ3v) is 4.27. The highest BCUT2D eigenvalue weighted by Gasteiger charge is 2.37. The van der Waals surface area contributed by atoms with Crippen molar-refractivity contribution in [1.29, 1.82) is 10.7 Å². The van der Waals surface area contributed by atoms with Gasteiger partial charge < -0.3 is 4.74 Å². The molecule has 0 aliphatic carbocycles. The quantitative estimate of drug-likeness (QED) is 0.835. The highest BCUT2D eigenvalue weighted by molar-refractivity contribution is 8.15. The lowest BCUT2D eigenvalue weighted by Crippen LogP contribution is -2.31. The molecule has 1 saturated heterocycles. The van der Waals surface area contributed by atoms with Crippen molar-refractivity contribution in [2.24, 2.45) is 0 Å². The van der Waals surface area contributed by atoms with Gasteiger partial charge in [0.25, 0.3) is 0 Å². The van der Waals surface area contributed by atoms with Gasteiger partial charge in [-0.3, -0.25) is 15.1 Å². The number of aromatic nitrogens is 2. The first-order valence-electron chi connectivity index (χ1n) is 6.89. The van der Waals surface area contributed by atoms with Gasteiger partial charge in [-0.2, -0.15) is 10.4 Å². The van der Waals surface area contributed by atoms with E-state index in [1.807, 2.05) is 6.07 Å². The average molecular weight is 359 g/mol. The number of carbonyl (C=O) groups is 2. The molecule has 1 aromatic carbocycles. The highest BCUT2D eigenvalue weighted by atomic mass is 32.2. The number of hydrogen-bond acceptors (Lipinski definition) is 7. The lowest BCUT2D eigenvalue weighted by molar-refractivity contribution is -0.115. The third-order valence-electron chi connectivity index (χ3n) is 3.42. The number of carbonyl (C=O) groups excluding carboxylic acids is 2. The topological polar surface area (TPSA) is 112 Å². The Balaban J connectivity index is 2.29. The van der Waals surface area contributed by atoms with Crippen molar-refractivity contribution in [3.8, 4) is 11.8 Å². The number of methoxy groups -OCH3 is 1. The number of nitriles is 1. The summed E-state index contributed by atoms with van der Waals surface area (Å²) < 4.78 is 19.0. The number of amidine groups is 1. The molecular formula is C15H10FN5O3S. The fourth-order valence-corrected chi connectivity index (χ4v) is 3.06. The maximum absolute atomic E-state index is 13.2. The van der Waals surface area contributed by atoms with Gasteiger partial charge in [0, 0.05) is 0 Å². The molecule has 2 heterocycles. The molecule has 0 atom stereocenters. The number of anilines is 1. The molecule has 25 heavy (non-hydrogen) atoms. The third kappa shape index (κ3) is 2.74.